The zero-order valence-corrected chi connectivity index (χ0v) is 7.88. The Balaban J connectivity index is 2.46. The van der Waals surface area contributed by atoms with Crippen LogP contribution in [0.1, 0.15) is 24.2 Å². The summed E-state index contributed by atoms with van der Waals surface area (Å²) in [6.45, 7) is 5.97. The smallest absolute Gasteiger partial charge is 0.0951 e. The minimum absolute atomic E-state index is 0.784. The quantitative estimate of drug-likeness (QED) is 0.686. The Morgan fingerprint density at radius 2 is 2.17 bits per heavy atom. The minimum atomic E-state index is 0.784. The highest BCUT2D eigenvalue weighted by atomic mass is 15.0. The van der Waals surface area contributed by atoms with Gasteiger partial charge in [0.15, 0.2) is 0 Å². The fourth-order valence-corrected chi connectivity index (χ4v) is 1.20. The van der Waals surface area contributed by atoms with Gasteiger partial charge in [0.25, 0.3) is 0 Å². The minimum Gasteiger partial charge on any atom is -0.335 e. The number of hydrogen-bond donors (Lipinski definition) is 1. The first-order chi connectivity index (χ1) is 5.75. The van der Waals surface area contributed by atoms with E-state index in [2.05, 4.69) is 16.5 Å². The molecule has 0 bridgehead atoms. The van der Waals surface area contributed by atoms with E-state index in [1.54, 1.807) is 0 Å². The van der Waals surface area contributed by atoms with E-state index in [0.717, 1.165) is 31.6 Å². The van der Waals surface area contributed by atoms with Crippen LogP contribution in [-0.4, -0.2) is 16.1 Å². The van der Waals surface area contributed by atoms with Crippen LogP contribution in [0.5, 0.6) is 0 Å². The second-order valence-electron chi connectivity index (χ2n) is 3.10. The third-order valence-electron chi connectivity index (χ3n) is 2.20. The molecule has 0 fully saturated rings. The molecule has 68 valence electrons. The normalized spacial score (nSPS) is 10.6. The predicted octanol–water partition coefficient (Wildman–Crippen LogP) is 1.24. The maximum atomic E-state index is 5.41. The molecule has 1 heterocycles. The summed E-state index contributed by atoms with van der Waals surface area (Å²) in [5, 5.41) is 0. The molecule has 12 heavy (non-hydrogen) atoms. The summed E-state index contributed by atoms with van der Waals surface area (Å²) >= 11 is 0. The molecule has 0 radical (unpaired) electrons. The average molecular weight is 167 g/mol. The van der Waals surface area contributed by atoms with E-state index >= 15 is 0 Å². The van der Waals surface area contributed by atoms with Crippen LogP contribution < -0.4 is 5.73 Å². The maximum Gasteiger partial charge on any atom is 0.0951 e. The molecule has 1 aromatic heterocycles. The first-order valence-electron chi connectivity index (χ1n) is 4.44. The van der Waals surface area contributed by atoms with Gasteiger partial charge in [-0.25, -0.2) is 4.98 Å². The molecule has 0 atom stereocenters. The van der Waals surface area contributed by atoms with Crippen molar-refractivity contribution in [3.8, 4) is 0 Å². The van der Waals surface area contributed by atoms with Gasteiger partial charge in [0.2, 0.25) is 0 Å². The van der Waals surface area contributed by atoms with Crippen molar-refractivity contribution in [2.24, 2.45) is 5.73 Å². The zero-order chi connectivity index (χ0) is 8.97. The van der Waals surface area contributed by atoms with E-state index in [9.17, 15) is 0 Å². The zero-order valence-electron chi connectivity index (χ0n) is 7.88. The lowest BCUT2D eigenvalue weighted by Crippen LogP contribution is -2.03. The van der Waals surface area contributed by atoms with Crippen LogP contribution in [0, 0.1) is 13.8 Å². The molecule has 1 aromatic rings. The molecule has 0 aromatic carbocycles. The monoisotopic (exact) mass is 167 g/mol. The number of aryl methyl sites for hydroxylation is 2. The predicted molar refractivity (Wildman–Crippen MR) is 50.0 cm³/mol. The Labute approximate surface area is 73.6 Å². The molecule has 0 spiro atoms. The van der Waals surface area contributed by atoms with Gasteiger partial charge < -0.3 is 10.3 Å². The molecule has 0 aliphatic heterocycles. The highest BCUT2D eigenvalue weighted by molar-refractivity contribution is 5.08. The van der Waals surface area contributed by atoms with E-state index in [-0.39, 0.29) is 0 Å². The summed E-state index contributed by atoms with van der Waals surface area (Å²) in [5.41, 5.74) is 7.81. The van der Waals surface area contributed by atoms with E-state index in [4.69, 9.17) is 5.73 Å². The molecule has 0 aliphatic rings. The standard InChI is InChI=1S/C9H17N3/c1-8-9(2)12(7-11-8)6-4-3-5-10/h7H,3-6,10H2,1-2H3. The first-order valence-corrected chi connectivity index (χ1v) is 4.44. The van der Waals surface area contributed by atoms with Gasteiger partial charge in [0.1, 0.15) is 0 Å². The van der Waals surface area contributed by atoms with Crippen LogP contribution >= 0.6 is 0 Å². The number of imidazole rings is 1. The molecular formula is C9H17N3. The van der Waals surface area contributed by atoms with Crippen molar-refractivity contribution in [2.75, 3.05) is 6.54 Å². The van der Waals surface area contributed by atoms with E-state index in [1.165, 1.54) is 5.69 Å². The lowest BCUT2D eigenvalue weighted by molar-refractivity contribution is 0.603. The fraction of sp³-hybridized carbons (Fsp3) is 0.667. The van der Waals surface area contributed by atoms with Crippen LogP contribution in [0.15, 0.2) is 6.33 Å². The second kappa shape index (κ2) is 4.26. The molecule has 1 rings (SSSR count). The third-order valence-corrected chi connectivity index (χ3v) is 2.20. The van der Waals surface area contributed by atoms with Crippen LogP contribution in [0.3, 0.4) is 0 Å². The molecule has 0 saturated carbocycles. The van der Waals surface area contributed by atoms with Crippen LogP contribution in [0.25, 0.3) is 0 Å². The van der Waals surface area contributed by atoms with Crippen LogP contribution in [0.4, 0.5) is 0 Å². The molecule has 2 N–H and O–H groups in total. The summed E-state index contributed by atoms with van der Waals surface area (Å²) in [6, 6.07) is 0. The Morgan fingerprint density at radius 1 is 1.42 bits per heavy atom. The lowest BCUT2D eigenvalue weighted by Gasteiger charge is -2.03. The second-order valence-corrected chi connectivity index (χ2v) is 3.10. The van der Waals surface area contributed by atoms with Gasteiger partial charge in [-0.3, -0.25) is 0 Å². The molecule has 3 nitrogen and oxygen atoms in total. The van der Waals surface area contributed by atoms with Crippen molar-refractivity contribution >= 4 is 0 Å². The Kier molecular flexibility index (Phi) is 3.29. The lowest BCUT2D eigenvalue weighted by atomic mass is 10.3. The summed E-state index contributed by atoms with van der Waals surface area (Å²) in [6.07, 6.45) is 4.14. The summed E-state index contributed by atoms with van der Waals surface area (Å²) in [7, 11) is 0. The number of nitrogens with two attached hydrogens (primary N) is 1. The van der Waals surface area contributed by atoms with Gasteiger partial charge in [-0.05, 0) is 33.2 Å². The molecule has 3 heteroatoms. The SMILES string of the molecule is Cc1ncn(CCCCN)c1C. The first kappa shape index (κ1) is 9.26. The highest BCUT2D eigenvalue weighted by Crippen LogP contribution is 2.05. The summed E-state index contributed by atoms with van der Waals surface area (Å²) in [5.74, 6) is 0. The maximum absolute atomic E-state index is 5.41. The fourth-order valence-electron chi connectivity index (χ4n) is 1.20. The van der Waals surface area contributed by atoms with Crippen molar-refractivity contribution in [2.45, 2.75) is 33.2 Å². The Bertz CT molecular complexity index is 240. The number of aromatic nitrogens is 2. The topological polar surface area (TPSA) is 43.8 Å². The molecule has 0 saturated heterocycles. The van der Waals surface area contributed by atoms with Crippen molar-refractivity contribution in [3.05, 3.63) is 17.7 Å². The summed E-state index contributed by atoms with van der Waals surface area (Å²) < 4.78 is 2.19. The van der Waals surface area contributed by atoms with E-state index in [0.29, 0.717) is 0 Å². The third kappa shape index (κ3) is 2.08. The average Bonchev–Trinajstić information content (AvgIpc) is 2.36. The summed E-state index contributed by atoms with van der Waals surface area (Å²) in [4.78, 5) is 4.23. The van der Waals surface area contributed by atoms with Crippen LogP contribution in [0.2, 0.25) is 0 Å². The molecule has 0 unspecified atom stereocenters. The highest BCUT2D eigenvalue weighted by Gasteiger charge is 1.99. The van der Waals surface area contributed by atoms with Crippen LogP contribution in [-0.2, 0) is 6.54 Å². The Hall–Kier alpha value is -0.830. The van der Waals surface area contributed by atoms with Crippen molar-refractivity contribution in [1.82, 2.24) is 9.55 Å². The van der Waals surface area contributed by atoms with Gasteiger partial charge >= 0.3 is 0 Å². The van der Waals surface area contributed by atoms with Gasteiger partial charge in [0, 0.05) is 12.2 Å². The van der Waals surface area contributed by atoms with Crippen molar-refractivity contribution in [1.29, 1.82) is 0 Å². The molecule has 0 amide bonds. The molecular weight excluding hydrogens is 150 g/mol. The van der Waals surface area contributed by atoms with Gasteiger partial charge in [-0.2, -0.15) is 0 Å². The Morgan fingerprint density at radius 3 is 2.67 bits per heavy atom. The van der Waals surface area contributed by atoms with E-state index < -0.39 is 0 Å². The van der Waals surface area contributed by atoms with Gasteiger partial charge in [0.05, 0.1) is 12.0 Å². The van der Waals surface area contributed by atoms with Crippen molar-refractivity contribution in [3.63, 3.8) is 0 Å². The van der Waals surface area contributed by atoms with Crippen molar-refractivity contribution < 1.29 is 0 Å². The largest absolute Gasteiger partial charge is 0.335 e. The number of nitrogens with zero attached hydrogens (tertiary/aromatic N) is 2. The van der Waals surface area contributed by atoms with Gasteiger partial charge in [-0.1, -0.05) is 0 Å². The van der Waals surface area contributed by atoms with E-state index in [1.807, 2.05) is 13.3 Å². The number of rotatable bonds is 4. The number of unbranched alkanes of at least 4 members (excludes halogenated alkanes) is 1. The number of hydrogen-bond acceptors (Lipinski definition) is 2. The van der Waals surface area contributed by atoms with Gasteiger partial charge in [-0.15, -0.1) is 0 Å². The molecule has 0 aliphatic carbocycles.